The van der Waals surface area contributed by atoms with Crippen molar-refractivity contribution in [2.45, 2.75) is 32.2 Å². The van der Waals surface area contributed by atoms with Gasteiger partial charge in [-0.15, -0.1) is 0 Å². The van der Waals surface area contributed by atoms with Crippen molar-refractivity contribution in [3.63, 3.8) is 0 Å². The highest BCUT2D eigenvalue weighted by molar-refractivity contribution is 5.97. The third kappa shape index (κ3) is 3.01. The summed E-state index contributed by atoms with van der Waals surface area (Å²) in [4.78, 5) is 9.72. The molecular weight excluding hydrogens is 296 g/mol. The molecule has 4 heteroatoms. The van der Waals surface area contributed by atoms with E-state index in [4.69, 9.17) is 0 Å². The molecule has 0 saturated carbocycles. The van der Waals surface area contributed by atoms with Crippen LogP contribution in [-0.4, -0.2) is 55.2 Å². The van der Waals surface area contributed by atoms with Gasteiger partial charge in [-0.05, 0) is 50.5 Å². The van der Waals surface area contributed by atoms with Crippen LogP contribution in [0, 0.1) is 0 Å². The zero-order valence-electron chi connectivity index (χ0n) is 14.7. The molecule has 4 rings (SSSR count). The molecule has 2 aliphatic heterocycles. The normalized spacial score (nSPS) is 20.9. The lowest BCUT2D eigenvalue weighted by molar-refractivity contribution is 0.325. The van der Waals surface area contributed by atoms with Gasteiger partial charge in [-0.1, -0.05) is 19.1 Å². The van der Waals surface area contributed by atoms with Crippen molar-refractivity contribution in [1.82, 2.24) is 15.2 Å². The van der Waals surface area contributed by atoms with Gasteiger partial charge in [0.1, 0.15) is 0 Å². The van der Waals surface area contributed by atoms with E-state index >= 15 is 0 Å². The third-order valence-electron chi connectivity index (χ3n) is 5.54. The topological polar surface area (TPSA) is 31.4 Å². The summed E-state index contributed by atoms with van der Waals surface area (Å²) in [7, 11) is 0. The molecule has 2 aliphatic rings. The highest BCUT2D eigenvalue weighted by Gasteiger charge is 2.30. The van der Waals surface area contributed by atoms with E-state index < -0.39 is 0 Å². The summed E-state index contributed by atoms with van der Waals surface area (Å²) in [5, 5.41) is 6.15. The van der Waals surface area contributed by atoms with Crippen LogP contribution < -0.4 is 10.2 Å². The van der Waals surface area contributed by atoms with Crippen molar-refractivity contribution in [3.05, 3.63) is 36.2 Å². The van der Waals surface area contributed by atoms with Gasteiger partial charge >= 0.3 is 0 Å². The van der Waals surface area contributed by atoms with Gasteiger partial charge in [0.2, 0.25) is 0 Å². The molecule has 0 aliphatic carbocycles. The molecule has 0 amide bonds. The minimum absolute atomic E-state index is 0.663. The van der Waals surface area contributed by atoms with Crippen LogP contribution in [-0.2, 0) is 6.42 Å². The van der Waals surface area contributed by atoms with E-state index in [0.717, 1.165) is 26.1 Å². The van der Waals surface area contributed by atoms with E-state index in [9.17, 15) is 0 Å². The van der Waals surface area contributed by atoms with Crippen molar-refractivity contribution in [1.29, 1.82) is 0 Å². The molecule has 0 radical (unpaired) electrons. The SMILES string of the molecule is CCNCCCN1CCC(N2CCc3cncc4cccc2c34)C1. The summed E-state index contributed by atoms with van der Waals surface area (Å²) in [6, 6.07) is 7.35. The lowest BCUT2D eigenvalue weighted by atomic mass is 9.97. The van der Waals surface area contributed by atoms with Crippen LogP contribution in [0.4, 0.5) is 5.69 Å². The second-order valence-electron chi connectivity index (χ2n) is 7.07. The molecule has 24 heavy (non-hydrogen) atoms. The molecule has 1 atom stereocenters. The zero-order chi connectivity index (χ0) is 16.4. The number of anilines is 1. The Labute approximate surface area is 144 Å². The number of pyridine rings is 1. The summed E-state index contributed by atoms with van der Waals surface area (Å²) in [6.07, 6.45) is 7.74. The minimum atomic E-state index is 0.663. The maximum atomic E-state index is 4.41. The van der Waals surface area contributed by atoms with Crippen molar-refractivity contribution in [2.75, 3.05) is 44.2 Å². The molecule has 3 heterocycles. The smallest absolute Gasteiger partial charge is 0.0452 e. The zero-order valence-corrected chi connectivity index (χ0v) is 14.7. The van der Waals surface area contributed by atoms with Crippen molar-refractivity contribution in [2.24, 2.45) is 0 Å². The lowest BCUT2D eigenvalue weighted by Gasteiger charge is -2.36. The first kappa shape index (κ1) is 15.9. The Kier molecular flexibility index (Phi) is 4.67. The fourth-order valence-electron chi connectivity index (χ4n) is 4.33. The molecule has 1 saturated heterocycles. The van der Waals surface area contributed by atoms with Crippen LogP contribution in [0.15, 0.2) is 30.6 Å². The van der Waals surface area contributed by atoms with Crippen molar-refractivity contribution in [3.8, 4) is 0 Å². The highest BCUT2D eigenvalue weighted by atomic mass is 15.3. The van der Waals surface area contributed by atoms with E-state index in [0.29, 0.717) is 6.04 Å². The molecule has 1 aromatic carbocycles. The van der Waals surface area contributed by atoms with E-state index in [2.05, 4.69) is 51.4 Å². The van der Waals surface area contributed by atoms with Gasteiger partial charge in [-0.3, -0.25) is 4.98 Å². The van der Waals surface area contributed by atoms with E-state index in [-0.39, 0.29) is 0 Å². The number of likely N-dealkylation sites (tertiary alicyclic amines) is 1. The molecule has 4 nitrogen and oxygen atoms in total. The van der Waals surface area contributed by atoms with E-state index in [1.54, 1.807) is 0 Å². The predicted molar refractivity (Wildman–Crippen MR) is 101 cm³/mol. The molecule has 1 fully saturated rings. The quantitative estimate of drug-likeness (QED) is 0.828. The molecule has 1 N–H and O–H groups in total. The molecular formula is C20H28N4. The number of aromatic nitrogens is 1. The predicted octanol–water partition coefficient (Wildman–Crippen LogP) is 2.67. The number of nitrogens with zero attached hydrogens (tertiary/aromatic N) is 3. The van der Waals surface area contributed by atoms with E-state index in [1.807, 2.05) is 6.20 Å². The third-order valence-corrected chi connectivity index (χ3v) is 5.54. The van der Waals surface area contributed by atoms with Gasteiger partial charge in [0, 0.05) is 54.5 Å². The maximum absolute atomic E-state index is 4.41. The standard InChI is InChI=1S/C20H28N4/c1-2-21-9-4-10-23-11-8-18(15-23)24-12-7-17-14-22-13-16-5-3-6-19(24)20(16)17/h3,5-6,13-14,18,21H,2,4,7-12,15H2,1H3. The fraction of sp³-hybridized carbons (Fsp3) is 0.550. The number of benzene rings is 1. The van der Waals surface area contributed by atoms with Gasteiger partial charge < -0.3 is 15.1 Å². The number of rotatable bonds is 6. The number of hydrogen-bond donors (Lipinski definition) is 1. The van der Waals surface area contributed by atoms with Gasteiger partial charge in [-0.25, -0.2) is 0 Å². The van der Waals surface area contributed by atoms with Crippen molar-refractivity contribution >= 4 is 16.5 Å². The number of hydrogen-bond acceptors (Lipinski definition) is 4. The Balaban J connectivity index is 1.47. The molecule has 0 bridgehead atoms. The van der Waals surface area contributed by atoms with E-state index in [1.165, 1.54) is 54.5 Å². The van der Waals surface area contributed by atoms with Crippen LogP contribution >= 0.6 is 0 Å². The van der Waals surface area contributed by atoms with Crippen LogP contribution in [0.25, 0.3) is 10.8 Å². The highest BCUT2D eigenvalue weighted by Crippen LogP contribution is 2.36. The Bertz CT molecular complexity index is 694. The summed E-state index contributed by atoms with van der Waals surface area (Å²) >= 11 is 0. The minimum Gasteiger partial charge on any atom is -0.366 e. The summed E-state index contributed by atoms with van der Waals surface area (Å²) in [5.41, 5.74) is 2.84. The maximum Gasteiger partial charge on any atom is 0.0452 e. The second-order valence-corrected chi connectivity index (χ2v) is 7.07. The Morgan fingerprint density at radius 3 is 3.12 bits per heavy atom. The average molecular weight is 324 g/mol. The second kappa shape index (κ2) is 7.08. The van der Waals surface area contributed by atoms with Crippen molar-refractivity contribution < 1.29 is 0 Å². The Morgan fingerprint density at radius 2 is 2.21 bits per heavy atom. The van der Waals surface area contributed by atoms with Crippen LogP contribution in [0.2, 0.25) is 0 Å². The van der Waals surface area contributed by atoms with Gasteiger partial charge in [-0.2, -0.15) is 0 Å². The Hall–Kier alpha value is -1.65. The van der Waals surface area contributed by atoms with Crippen LogP contribution in [0.3, 0.4) is 0 Å². The Morgan fingerprint density at radius 1 is 1.25 bits per heavy atom. The first-order chi connectivity index (χ1) is 11.9. The summed E-state index contributed by atoms with van der Waals surface area (Å²) < 4.78 is 0. The summed E-state index contributed by atoms with van der Waals surface area (Å²) in [6.45, 7) is 9.21. The largest absolute Gasteiger partial charge is 0.366 e. The fourth-order valence-corrected chi connectivity index (χ4v) is 4.33. The molecule has 1 unspecified atom stereocenters. The average Bonchev–Trinajstić information content (AvgIpc) is 3.08. The first-order valence-corrected chi connectivity index (χ1v) is 9.42. The molecule has 2 aromatic rings. The molecule has 1 aromatic heterocycles. The molecule has 128 valence electrons. The lowest BCUT2D eigenvalue weighted by Crippen LogP contribution is -2.41. The number of nitrogens with one attached hydrogen (secondary N) is 1. The van der Waals surface area contributed by atoms with Gasteiger partial charge in [0.05, 0.1) is 0 Å². The summed E-state index contributed by atoms with van der Waals surface area (Å²) in [5.74, 6) is 0. The first-order valence-electron chi connectivity index (χ1n) is 9.42. The van der Waals surface area contributed by atoms with Crippen LogP contribution in [0.5, 0.6) is 0 Å². The monoisotopic (exact) mass is 324 g/mol. The van der Waals surface area contributed by atoms with Crippen LogP contribution in [0.1, 0.15) is 25.3 Å². The molecule has 0 spiro atoms. The van der Waals surface area contributed by atoms with Gasteiger partial charge in [0.15, 0.2) is 0 Å². The van der Waals surface area contributed by atoms with Gasteiger partial charge in [0.25, 0.3) is 0 Å².